The number of fused-ring (bicyclic) bond motifs is 3. The fraction of sp³-hybridized carbons (Fsp3) is 0.184. The van der Waals surface area contributed by atoms with Gasteiger partial charge in [0.05, 0.1) is 5.69 Å². The second-order valence-electron chi connectivity index (χ2n) is 14.3. The van der Waals surface area contributed by atoms with E-state index < -0.39 is 0 Å². The average Bonchev–Trinajstić information content (AvgIpc) is 3.76. The van der Waals surface area contributed by atoms with Gasteiger partial charge < -0.3 is 9.30 Å². The zero-order valence-corrected chi connectivity index (χ0v) is 33.8. The van der Waals surface area contributed by atoms with Crippen molar-refractivity contribution in [1.82, 2.24) is 19.3 Å². The van der Waals surface area contributed by atoms with Crippen LogP contribution in [0, 0.1) is 24.9 Å². The van der Waals surface area contributed by atoms with Crippen LogP contribution in [0.3, 0.4) is 0 Å². The monoisotopic (exact) mass is 915 g/mol. The molecule has 3 aromatic heterocycles. The molecule has 0 saturated heterocycles. The third-order valence-electron chi connectivity index (χ3n) is 10.9. The van der Waals surface area contributed by atoms with Gasteiger partial charge in [0.2, 0.25) is 0 Å². The summed E-state index contributed by atoms with van der Waals surface area (Å²) < 4.78 is 25.1. The van der Waals surface area contributed by atoms with E-state index in [1.54, 1.807) is 0 Å². The number of halogens is 1. The Morgan fingerprint density at radius 3 is 2.34 bits per heavy atom. The molecule has 1 aliphatic carbocycles. The van der Waals surface area contributed by atoms with Gasteiger partial charge in [0.15, 0.2) is 0 Å². The van der Waals surface area contributed by atoms with Gasteiger partial charge in [-0.2, -0.15) is 16.7 Å². The van der Waals surface area contributed by atoms with E-state index >= 15 is 0 Å². The van der Waals surface area contributed by atoms with E-state index in [4.69, 9.17) is 9.84 Å². The second kappa shape index (κ2) is 15.9. The van der Waals surface area contributed by atoms with E-state index in [1.165, 1.54) is 46.3 Å². The molecule has 0 fully saturated rings. The Labute approximate surface area is 341 Å². The predicted molar refractivity (Wildman–Crippen MR) is 219 cm³/mol. The summed E-state index contributed by atoms with van der Waals surface area (Å²) in [6.07, 6.45) is 7.67. The first kappa shape index (κ1) is 37.3. The molecule has 9 rings (SSSR count). The molecule has 0 aliphatic heterocycles. The van der Waals surface area contributed by atoms with E-state index in [-0.39, 0.29) is 32.8 Å². The van der Waals surface area contributed by atoms with Crippen molar-refractivity contribution in [3.05, 3.63) is 185 Å². The van der Waals surface area contributed by atoms with E-state index in [1.807, 2.05) is 41.0 Å². The molecule has 5 nitrogen and oxygen atoms in total. The van der Waals surface area contributed by atoms with Gasteiger partial charge in [-0.25, -0.2) is 9.37 Å². The molecule has 5 aromatic carbocycles. The Balaban J connectivity index is 0.00000441. The number of para-hydroxylation sites is 1. The van der Waals surface area contributed by atoms with Gasteiger partial charge in [-0.1, -0.05) is 111 Å². The molecular weight excluding hydrogens is 875 g/mol. The summed E-state index contributed by atoms with van der Waals surface area (Å²) >= 11 is 0. The van der Waals surface area contributed by atoms with Crippen LogP contribution in [0.25, 0.3) is 38.9 Å². The van der Waals surface area contributed by atoms with Crippen molar-refractivity contribution in [1.29, 1.82) is 0 Å². The van der Waals surface area contributed by atoms with Crippen LogP contribution < -0.4 is 4.74 Å². The molecule has 0 amide bonds. The quantitative estimate of drug-likeness (QED) is 0.136. The van der Waals surface area contributed by atoms with Gasteiger partial charge in [0.1, 0.15) is 11.6 Å². The minimum atomic E-state index is -0.351. The summed E-state index contributed by atoms with van der Waals surface area (Å²) in [6.45, 7) is 6.51. The molecule has 0 spiro atoms. The first-order valence-corrected chi connectivity index (χ1v) is 19.2. The molecule has 8 aromatic rings. The SMILES string of the molecule is CCc1nn(-c2[c-]c(Oc3[c-]c4c(cc3)c3ccccc3n4-c3cc(F)ccn3)cc(C)c2)c(CC)c1C1C(c2ccccc2)=CCC[C@@H]1c1ccccc1.[Pt+2]. The number of hydrogen-bond donors (Lipinski definition) is 0. The van der Waals surface area contributed by atoms with Gasteiger partial charge in [-0.15, -0.1) is 35.7 Å². The van der Waals surface area contributed by atoms with Crippen molar-refractivity contribution in [2.24, 2.45) is 0 Å². The van der Waals surface area contributed by atoms with Crippen LogP contribution in [0.1, 0.15) is 72.2 Å². The van der Waals surface area contributed by atoms with Gasteiger partial charge in [0, 0.05) is 46.5 Å². The number of benzene rings is 5. The summed E-state index contributed by atoms with van der Waals surface area (Å²) in [5.41, 5.74) is 11.2. The fourth-order valence-electron chi connectivity index (χ4n) is 8.59. The van der Waals surface area contributed by atoms with Crippen LogP contribution in [0.15, 0.2) is 134 Å². The molecule has 280 valence electrons. The number of hydrogen-bond acceptors (Lipinski definition) is 3. The van der Waals surface area contributed by atoms with Crippen molar-refractivity contribution in [3.63, 3.8) is 0 Å². The molecule has 3 heterocycles. The standard InChI is InChI=1S/C49H41FN4O.Pt/c1-4-43-49(48-39(33-15-8-6-9-16-33)20-14-21-40(48)34-17-10-7-11-18-34)44(5-2)54(52-43)36-27-32(3)28-38(30-36)55-37-23-24-42-41-19-12-13-22-45(41)53(46(42)31-37)47-29-35(50)25-26-51-47;/h6-13,15-20,22-29,40,48H,4-5,14,21H2,1-3H3;/q-2;+2/t40-,48?;/m1./s1. The molecule has 7 heteroatoms. The molecular formula is C49H41FN4OPt. The van der Waals surface area contributed by atoms with E-state index in [2.05, 4.69) is 121 Å². The number of pyridine rings is 1. The van der Waals surface area contributed by atoms with Crippen molar-refractivity contribution >= 4 is 27.4 Å². The van der Waals surface area contributed by atoms with E-state index in [9.17, 15) is 4.39 Å². The van der Waals surface area contributed by atoms with Crippen molar-refractivity contribution < 1.29 is 30.2 Å². The summed E-state index contributed by atoms with van der Waals surface area (Å²) in [7, 11) is 0. The Bertz CT molecular complexity index is 2700. The van der Waals surface area contributed by atoms with Crippen LogP contribution in [0.5, 0.6) is 11.5 Å². The third-order valence-corrected chi connectivity index (χ3v) is 10.9. The number of aryl methyl sites for hydroxylation is 2. The molecule has 56 heavy (non-hydrogen) atoms. The Hall–Kier alpha value is -5.58. The van der Waals surface area contributed by atoms with Crippen LogP contribution in [0.4, 0.5) is 4.39 Å². The van der Waals surface area contributed by atoms with Crippen LogP contribution >= 0.6 is 0 Å². The molecule has 0 bridgehead atoms. The molecule has 2 atom stereocenters. The summed E-state index contributed by atoms with van der Waals surface area (Å²) in [4.78, 5) is 4.51. The van der Waals surface area contributed by atoms with Crippen molar-refractivity contribution in [3.8, 4) is 23.0 Å². The van der Waals surface area contributed by atoms with Crippen molar-refractivity contribution in [2.45, 2.75) is 58.3 Å². The maximum Gasteiger partial charge on any atom is 2.00 e. The number of nitrogens with zero attached hydrogens (tertiary/aromatic N) is 4. The zero-order chi connectivity index (χ0) is 37.5. The van der Waals surface area contributed by atoms with Gasteiger partial charge in [-0.3, -0.25) is 4.68 Å². The molecule has 0 radical (unpaired) electrons. The Morgan fingerprint density at radius 2 is 1.57 bits per heavy atom. The third kappa shape index (κ3) is 6.81. The van der Waals surface area contributed by atoms with Gasteiger partial charge in [0.25, 0.3) is 0 Å². The van der Waals surface area contributed by atoms with Gasteiger partial charge >= 0.3 is 21.1 Å². The topological polar surface area (TPSA) is 44.9 Å². The molecule has 1 unspecified atom stereocenters. The van der Waals surface area contributed by atoms with Crippen LogP contribution in [-0.4, -0.2) is 19.3 Å². The smallest absolute Gasteiger partial charge is 0.509 e. The summed E-state index contributed by atoms with van der Waals surface area (Å²) in [5, 5.41) is 7.37. The number of ether oxygens (including phenoxy) is 1. The Kier molecular flexibility index (Phi) is 10.6. The molecule has 1 aliphatic rings. The average molecular weight is 916 g/mol. The minimum absolute atomic E-state index is 0. The van der Waals surface area contributed by atoms with E-state index in [0.29, 0.717) is 23.2 Å². The summed E-state index contributed by atoms with van der Waals surface area (Å²) in [6, 6.07) is 47.9. The number of rotatable bonds is 9. The molecule has 0 N–H and O–H groups in total. The normalized spacial score (nSPS) is 15.5. The second-order valence-corrected chi connectivity index (χ2v) is 14.3. The zero-order valence-electron chi connectivity index (χ0n) is 31.6. The Morgan fingerprint density at radius 1 is 0.804 bits per heavy atom. The fourth-order valence-corrected chi connectivity index (χ4v) is 8.59. The molecule has 0 saturated carbocycles. The summed E-state index contributed by atoms with van der Waals surface area (Å²) in [5.74, 6) is 1.69. The largest absolute Gasteiger partial charge is 2.00 e. The minimum Gasteiger partial charge on any atom is -0.509 e. The van der Waals surface area contributed by atoms with Crippen molar-refractivity contribution in [2.75, 3.05) is 0 Å². The number of aromatic nitrogens is 4. The van der Waals surface area contributed by atoms with Crippen LogP contribution in [-0.2, 0) is 33.9 Å². The first-order chi connectivity index (χ1) is 27.0. The maximum absolute atomic E-state index is 14.4. The first-order valence-electron chi connectivity index (χ1n) is 19.2. The van der Waals surface area contributed by atoms with E-state index in [0.717, 1.165) is 64.4 Å². The van der Waals surface area contributed by atoms with Crippen LogP contribution in [0.2, 0.25) is 0 Å². The number of allylic oxidation sites excluding steroid dienone is 2. The van der Waals surface area contributed by atoms with Gasteiger partial charge in [-0.05, 0) is 71.5 Å². The maximum atomic E-state index is 14.4. The predicted octanol–water partition coefficient (Wildman–Crippen LogP) is 12.1.